The van der Waals surface area contributed by atoms with Crippen LogP contribution in [-0.2, 0) is 0 Å². The van der Waals surface area contributed by atoms with E-state index in [1.165, 1.54) is 6.26 Å². The van der Waals surface area contributed by atoms with Gasteiger partial charge in [-0.05, 0) is 36.4 Å². The highest BCUT2D eigenvalue weighted by Gasteiger charge is 2.09. The molecule has 0 saturated carbocycles. The summed E-state index contributed by atoms with van der Waals surface area (Å²) in [5.74, 6) is -0.314. The quantitative estimate of drug-likeness (QED) is 0.681. The predicted molar refractivity (Wildman–Crippen MR) is 68.2 cm³/mol. The number of benzene rings is 1. The number of amides is 1. The zero-order chi connectivity index (χ0) is 13.0. The van der Waals surface area contributed by atoms with Crippen molar-refractivity contribution in [3.63, 3.8) is 0 Å². The molecular formula is C13H10ClNO3. The molecule has 0 bridgehead atoms. The predicted octanol–water partition coefficient (Wildman–Crippen LogP) is 2.95. The summed E-state index contributed by atoms with van der Waals surface area (Å²) >= 11 is 5.45. The Hall–Kier alpha value is -2.07. The summed E-state index contributed by atoms with van der Waals surface area (Å²) in [6.45, 7) is 0. The standard InChI is InChI=1S/C13H10ClNO3/c14-8-11(16)9-3-5-10(6-4-9)15-13(17)12-2-1-7-18-12/h1-7H,8H2,(H,15,17). The fourth-order valence-electron chi connectivity index (χ4n) is 1.42. The third kappa shape index (κ3) is 2.78. The van der Waals surface area contributed by atoms with Crippen LogP contribution >= 0.6 is 11.6 Å². The maximum absolute atomic E-state index is 11.7. The Morgan fingerprint density at radius 1 is 1.17 bits per heavy atom. The molecule has 0 aliphatic rings. The van der Waals surface area contributed by atoms with Crippen LogP contribution in [0.3, 0.4) is 0 Å². The minimum atomic E-state index is -0.337. The average Bonchev–Trinajstić information content (AvgIpc) is 2.92. The molecule has 92 valence electrons. The normalized spacial score (nSPS) is 10.1. The Kier molecular flexibility index (Phi) is 3.79. The van der Waals surface area contributed by atoms with Gasteiger partial charge in [-0.2, -0.15) is 0 Å². The zero-order valence-electron chi connectivity index (χ0n) is 9.35. The van der Waals surface area contributed by atoms with Crippen molar-refractivity contribution in [2.45, 2.75) is 0 Å². The SMILES string of the molecule is O=C(CCl)c1ccc(NC(=O)c2ccco2)cc1. The molecule has 0 fully saturated rings. The van der Waals surface area contributed by atoms with Crippen LogP contribution in [0.5, 0.6) is 0 Å². The van der Waals surface area contributed by atoms with Gasteiger partial charge in [0.05, 0.1) is 12.1 Å². The van der Waals surface area contributed by atoms with E-state index < -0.39 is 0 Å². The highest BCUT2D eigenvalue weighted by molar-refractivity contribution is 6.30. The molecule has 0 spiro atoms. The van der Waals surface area contributed by atoms with Crippen LogP contribution in [0, 0.1) is 0 Å². The van der Waals surface area contributed by atoms with Crippen molar-refractivity contribution >= 4 is 29.0 Å². The fraction of sp³-hybridized carbons (Fsp3) is 0.0769. The van der Waals surface area contributed by atoms with Gasteiger partial charge in [0.1, 0.15) is 0 Å². The molecule has 4 nitrogen and oxygen atoms in total. The van der Waals surface area contributed by atoms with Gasteiger partial charge in [0.25, 0.3) is 5.91 Å². The van der Waals surface area contributed by atoms with Gasteiger partial charge in [0.15, 0.2) is 11.5 Å². The molecule has 0 radical (unpaired) electrons. The molecular weight excluding hydrogens is 254 g/mol. The van der Waals surface area contributed by atoms with Gasteiger partial charge < -0.3 is 9.73 Å². The van der Waals surface area contributed by atoms with E-state index in [1.807, 2.05) is 0 Å². The largest absolute Gasteiger partial charge is 0.459 e. The molecule has 0 aliphatic heterocycles. The number of carbonyl (C=O) groups excluding carboxylic acids is 2. The second-order valence-electron chi connectivity index (χ2n) is 3.57. The summed E-state index contributed by atoms with van der Waals surface area (Å²) in [5.41, 5.74) is 1.10. The minimum absolute atomic E-state index is 0.0574. The van der Waals surface area contributed by atoms with Crippen LogP contribution in [0.15, 0.2) is 47.1 Å². The van der Waals surface area contributed by atoms with Gasteiger partial charge in [-0.25, -0.2) is 0 Å². The van der Waals surface area contributed by atoms with E-state index in [9.17, 15) is 9.59 Å². The molecule has 5 heteroatoms. The smallest absolute Gasteiger partial charge is 0.291 e. The fourth-order valence-corrected chi connectivity index (χ4v) is 1.57. The first-order chi connectivity index (χ1) is 8.70. The molecule has 1 amide bonds. The number of halogens is 1. The Morgan fingerprint density at radius 3 is 2.44 bits per heavy atom. The number of hydrogen-bond donors (Lipinski definition) is 1. The van der Waals surface area contributed by atoms with Crippen molar-refractivity contribution in [1.29, 1.82) is 0 Å². The summed E-state index contributed by atoms with van der Waals surface area (Å²) in [4.78, 5) is 23.0. The first-order valence-electron chi connectivity index (χ1n) is 5.25. The number of hydrogen-bond acceptors (Lipinski definition) is 3. The molecule has 0 saturated heterocycles. The topological polar surface area (TPSA) is 59.3 Å². The summed E-state index contributed by atoms with van der Waals surface area (Å²) in [7, 11) is 0. The number of furan rings is 1. The number of Topliss-reactive ketones (excluding diaryl/α,β-unsaturated/α-hetero) is 1. The third-order valence-electron chi connectivity index (χ3n) is 2.33. The number of alkyl halides is 1. The van der Waals surface area contributed by atoms with Crippen molar-refractivity contribution in [2.24, 2.45) is 0 Å². The van der Waals surface area contributed by atoms with Crippen molar-refractivity contribution in [2.75, 3.05) is 11.2 Å². The first-order valence-corrected chi connectivity index (χ1v) is 5.78. The molecule has 0 atom stereocenters. The molecule has 1 N–H and O–H groups in total. The van der Waals surface area contributed by atoms with Gasteiger partial charge in [-0.1, -0.05) is 0 Å². The third-order valence-corrected chi connectivity index (χ3v) is 2.57. The van der Waals surface area contributed by atoms with Crippen LogP contribution in [0.25, 0.3) is 0 Å². The van der Waals surface area contributed by atoms with Gasteiger partial charge in [-0.15, -0.1) is 11.6 Å². The van der Waals surface area contributed by atoms with E-state index in [-0.39, 0.29) is 23.3 Å². The second-order valence-corrected chi connectivity index (χ2v) is 3.83. The maximum atomic E-state index is 11.7. The Bertz CT molecular complexity index is 546. The molecule has 1 heterocycles. The summed E-state index contributed by atoms with van der Waals surface area (Å²) in [6, 6.07) is 9.71. The number of anilines is 1. The molecule has 1 aromatic heterocycles. The summed E-state index contributed by atoms with van der Waals surface area (Å²) < 4.78 is 4.96. The van der Waals surface area contributed by atoms with Crippen molar-refractivity contribution in [1.82, 2.24) is 0 Å². The Balaban J connectivity index is 2.07. The molecule has 18 heavy (non-hydrogen) atoms. The van der Waals surface area contributed by atoms with Gasteiger partial charge >= 0.3 is 0 Å². The average molecular weight is 264 g/mol. The first kappa shape index (κ1) is 12.4. The van der Waals surface area contributed by atoms with Crippen molar-refractivity contribution in [3.8, 4) is 0 Å². The molecule has 0 aliphatic carbocycles. The van der Waals surface area contributed by atoms with E-state index in [1.54, 1.807) is 36.4 Å². The zero-order valence-corrected chi connectivity index (χ0v) is 10.1. The molecule has 1 aromatic carbocycles. The van der Waals surface area contributed by atoms with Crippen LogP contribution in [-0.4, -0.2) is 17.6 Å². The number of carbonyl (C=O) groups is 2. The van der Waals surface area contributed by atoms with E-state index in [4.69, 9.17) is 16.0 Å². The van der Waals surface area contributed by atoms with E-state index in [0.717, 1.165) is 0 Å². The molecule has 0 unspecified atom stereocenters. The van der Waals surface area contributed by atoms with Crippen LogP contribution in [0.1, 0.15) is 20.9 Å². The highest BCUT2D eigenvalue weighted by atomic mass is 35.5. The van der Waals surface area contributed by atoms with E-state index in [0.29, 0.717) is 11.3 Å². The van der Waals surface area contributed by atoms with Crippen molar-refractivity contribution in [3.05, 3.63) is 54.0 Å². The van der Waals surface area contributed by atoms with Gasteiger partial charge in [-0.3, -0.25) is 9.59 Å². The number of nitrogens with one attached hydrogen (secondary N) is 1. The number of rotatable bonds is 4. The lowest BCUT2D eigenvalue weighted by Crippen LogP contribution is -2.11. The molecule has 2 rings (SSSR count). The second kappa shape index (κ2) is 5.51. The Morgan fingerprint density at radius 2 is 1.89 bits per heavy atom. The molecule has 2 aromatic rings. The Labute approximate surface area is 109 Å². The highest BCUT2D eigenvalue weighted by Crippen LogP contribution is 2.12. The van der Waals surface area contributed by atoms with Crippen molar-refractivity contribution < 1.29 is 14.0 Å². The summed E-state index contributed by atoms with van der Waals surface area (Å²) in [6.07, 6.45) is 1.43. The monoisotopic (exact) mass is 263 g/mol. The lowest BCUT2D eigenvalue weighted by atomic mass is 10.1. The van der Waals surface area contributed by atoms with Crippen LogP contribution in [0.4, 0.5) is 5.69 Å². The van der Waals surface area contributed by atoms with Crippen LogP contribution < -0.4 is 5.32 Å². The maximum Gasteiger partial charge on any atom is 0.291 e. The van der Waals surface area contributed by atoms with Gasteiger partial charge in [0, 0.05) is 11.3 Å². The van der Waals surface area contributed by atoms with E-state index in [2.05, 4.69) is 5.32 Å². The lowest BCUT2D eigenvalue weighted by Gasteiger charge is -2.03. The van der Waals surface area contributed by atoms with Crippen LogP contribution in [0.2, 0.25) is 0 Å². The minimum Gasteiger partial charge on any atom is -0.459 e. The lowest BCUT2D eigenvalue weighted by molar-refractivity contribution is 0.0994. The summed E-state index contributed by atoms with van der Waals surface area (Å²) in [5, 5.41) is 2.65. The van der Waals surface area contributed by atoms with E-state index >= 15 is 0 Å². The van der Waals surface area contributed by atoms with Gasteiger partial charge in [0.2, 0.25) is 0 Å². The number of ketones is 1.